The number of aromatic nitrogens is 2. The van der Waals surface area contributed by atoms with Crippen LogP contribution in [0.3, 0.4) is 0 Å². The van der Waals surface area contributed by atoms with E-state index in [1.165, 1.54) is 6.20 Å². The Hall–Kier alpha value is -2.43. The van der Waals surface area contributed by atoms with Gasteiger partial charge in [-0.25, -0.2) is 9.97 Å². The number of benzene rings is 1. The topological polar surface area (TPSA) is 80.9 Å². The van der Waals surface area contributed by atoms with Gasteiger partial charge in [-0.1, -0.05) is 31.5 Å². The van der Waals surface area contributed by atoms with Crippen LogP contribution in [0.25, 0.3) is 0 Å². The van der Waals surface area contributed by atoms with E-state index in [-0.39, 0.29) is 23.2 Å². The van der Waals surface area contributed by atoms with Crippen molar-refractivity contribution >= 4 is 17.3 Å². The van der Waals surface area contributed by atoms with Crippen LogP contribution in [0, 0.1) is 13.8 Å². The molecule has 0 radical (unpaired) electrons. The van der Waals surface area contributed by atoms with Gasteiger partial charge in [0.2, 0.25) is 0 Å². The first-order chi connectivity index (χ1) is 9.88. The number of nitrogens with one attached hydrogen (secondary N) is 1. The van der Waals surface area contributed by atoms with E-state index in [0.717, 1.165) is 16.8 Å². The number of carbonyl (C=O) groups excluding carboxylic acids is 1. The van der Waals surface area contributed by atoms with Crippen LogP contribution >= 0.6 is 0 Å². The molecule has 0 saturated heterocycles. The van der Waals surface area contributed by atoms with E-state index in [2.05, 4.69) is 15.3 Å². The summed E-state index contributed by atoms with van der Waals surface area (Å²) < 4.78 is 0. The Morgan fingerprint density at radius 2 is 2.00 bits per heavy atom. The lowest BCUT2D eigenvalue weighted by molar-refractivity contribution is 0.102. The molecule has 0 saturated carbocycles. The summed E-state index contributed by atoms with van der Waals surface area (Å²) in [7, 11) is 0. The van der Waals surface area contributed by atoms with Gasteiger partial charge >= 0.3 is 0 Å². The third kappa shape index (κ3) is 3.37. The van der Waals surface area contributed by atoms with Gasteiger partial charge < -0.3 is 11.1 Å². The Balaban J connectivity index is 2.30. The summed E-state index contributed by atoms with van der Waals surface area (Å²) >= 11 is 0. The predicted octanol–water partition coefficient (Wildman–Crippen LogP) is 3.05. The molecule has 0 aliphatic rings. The number of anilines is 2. The van der Waals surface area contributed by atoms with Crippen molar-refractivity contribution in [2.75, 3.05) is 11.1 Å². The Morgan fingerprint density at radius 3 is 2.62 bits per heavy atom. The number of hydrogen-bond donors (Lipinski definition) is 2. The third-order valence-corrected chi connectivity index (χ3v) is 3.20. The highest BCUT2D eigenvalue weighted by molar-refractivity contribution is 6.06. The maximum Gasteiger partial charge on any atom is 0.276 e. The van der Waals surface area contributed by atoms with E-state index in [9.17, 15) is 4.79 Å². The molecule has 0 atom stereocenters. The normalized spacial score (nSPS) is 10.7. The fourth-order valence-corrected chi connectivity index (χ4v) is 2.00. The van der Waals surface area contributed by atoms with Crippen molar-refractivity contribution in [3.63, 3.8) is 0 Å². The minimum Gasteiger partial charge on any atom is -0.396 e. The minimum atomic E-state index is -0.316. The molecule has 21 heavy (non-hydrogen) atoms. The van der Waals surface area contributed by atoms with Crippen molar-refractivity contribution < 1.29 is 4.79 Å². The smallest absolute Gasteiger partial charge is 0.276 e. The number of rotatable bonds is 3. The van der Waals surface area contributed by atoms with Crippen molar-refractivity contribution in [3.05, 3.63) is 47.0 Å². The van der Waals surface area contributed by atoms with Gasteiger partial charge in [0.15, 0.2) is 5.69 Å². The number of carbonyl (C=O) groups is 1. The molecule has 2 aromatic rings. The van der Waals surface area contributed by atoms with Gasteiger partial charge in [-0.15, -0.1) is 0 Å². The molecule has 5 nitrogen and oxygen atoms in total. The molecule has 0 aliphatic heterocycles. The standard InChI is InChI=1S/C16H20N4O/c1-9(2)15-18-8-12(17)14(20-15)16(21)19-13-6-5-10(3)7-11(13)4/h5-9H,17H2,1-4H3,(H,19,21). The Morgan fingerprint density at radius 1 is 1.29 bits per heavy atom. The molecule has 1 amide bonds. The van der Waals surface area contributed by atoms with Gasteiger partial charge in [0.1, 0.15) is 5.82 Å². The first kappa shape index (κ1) is 15.0. The van der Waals surface area contributed by atoms with E-state index in [1.54, 1.807) is 0 Å². The van der Waals surface area contributed by atoms with E-state index in [4.69, 9.17) is 5.73 Å². The number of nitrogen functional groups attached to an aromatic ring is 1. The highest BCUT2D eigenvalue weighted by Gasteiger charge is 2.15. The van der Waals surface area contributed by atoms with Gasteiger partial charge in [-0.3, -0.25) is 4.79 Å². The largest absolute Gasteiger partial charge is 0.396 e. The second-order valence-electron chi connectivity index (χ2n) is 5.46. The van der Waals surface area contributed by atoms with Crippen LogP contribution < -0.4 is 11.1 Å². The van der Waals surface area contributed by atoms with Gasteiger partial charge in [0.25, 0.3) is 5.91 Å². The maximum atomic E-state index is 12.4. The zero-order valence-electron chi connectivity index (χ0n) is 12.8. The summed E-state index contributed by atoms with van der Waals surface area (Å²) in [5, 5.41) is 2.85. The van der Waals surface area contributed by atoms with E-state index >= 15 is 0 Å². The van der Waals surface area contributed by atoms with Crippen LogP contribution in [0.5, 0.6) is 0 Å². The van der Waals surface area contributed by atoms with E-state index in [1.807, 2.05) is 45.9 Å². The summed E-state index contributed by atoms with van der Waals surface area (Å²) in [4.78, 5) is 20.8. The van der Waals surface area contributed by atoms with Crippen molar-refractivity contribution in [2.45, 2.75) is 33.6 Å². The zero-order valence-corrected chi connectivity index (χ0v) is 12.8. The van der Waals surface area contributed by atoms with Crippen molar-refractivity contribution in [3.8, 4) is 0 Å². The predicted molar refractivity (Wildman–Crippen MR) is 84.4 cm³/mol. The van der Waals surface area contributed by atoms with E-state index in [0.29, 0.717) is 5.82 Å². The summed E-state index contributed by atoms with van der Waals surface area (Å²) in [6.45, 7) is 7.90. The highest BCUT2D eigenvalue weighted by Crippen LogP contribution is 2.19. The molecule has 1 aromatic carbocycles. The van der Waals surface area contributed by atoms with Crippen LogP contribution in [0.15, 0.2) is 24.4 Å². The first-order valence-electron chi connectivity index (χ1n) is 6.89. The highest BCUT2D eigenvalue weighted by atomic mass is 16.1. The molecule has 1 aromatic heterocycles. The lowest BCUT2D eigenvalue weighted by atomic mass is 10.1. The number of aryl methyl sites for hydroxylation is 2. The van der Waals surface area contributed by atoms with Gasteiger partial charge in [-0.2, -0.15) is 0 Å². The number of nitrogens with zero attached hydrogens (tertiary/aromatic N) is 2. The number of amides is 1. The van der Waals surface area contributed by atoms with Crippen LogP contribution in [-0.4, -0.2) is 15.9 Å². The second kappa shape index (κ2) is 5.91. The minimum absolute atomic E-state index is 0.137. The van der Waals surface area contributed by atoms with Gasteiger partial charge in [0.05, 0.1) is 11.9 Å². The molecule has 0 unspecified atom stereocenters. The Labute approximate surface area is 124 Å². The Kier molecular flexibility index (Phi) is 4.21. The Bertz CT molecular complexity index is 680. The monoisotopic (exact) mass is 284 g/mol. The van der Waals surface area contributed by atoms with Crippen molar-refractivity contribution in [1.82, 2.24) is 9.97 Å². The summed E-state index contributed by atoms with van der Waals surface area (Å²) in [5.41, 5.74) is 9.22. The molecule has 0 bridgehead atoms. The molecule has 2 rings (SSSR count). The number of hydrogen-bond acceptors (Lipinski definition) is 4. The second-order valence-corrected chi connectivity index (χ2v) is 5.46. The average Bonchev–Trinajstić information content (AvgIpc) is 2.42. The maximum absolute atomic E-state index is 12.4. The first-order valence-corrected chi connectivity index (χ1v) is 6.89. The van der Waals surface area contributed by atoms with Crippen LogP contribution in [0.4, 0.5) is 11.4 Å². The molecule has 1 heterocycles. The van der Waals surface area contributed by atoms with Gasteiger partial charge in [0, 0.05) is 11.6 Å². The molecule has 5 heteroatoms. The van der Waals surface area contributed by atoms with Crippen LogP contribution in [0.2, 0.25) is 0 Å². The molecule has 0 aliphatic carbocycles. The van der Waals surface area contributed by atoms with Gasteiger partial charge in [-0.05, 0) is 25.5 Å². The molecular weight excluding hydrogens is 264 g/mol. The molecule has 0 spiro atoms. The summed E-state index contributed by atoms with van der Waals surface area (Å²) in [6, 6.07) is 5.84. The quantitative estimate of drug-likeness (QED) is 0.907. The average molecular weight is 284 g/mol. The fraction of sp³-hybridized carbons (Fsp3) is 0.312. The third-order valence-electron chi connectivity index (χ3n) is 3.20. The molecule has 0 fully saturated rings. The van der Waals surface area contributed by atoms with E-state index < -0.39 is 0 Å². The summed E-state index contributed by atoms with van der Waals surface area (Å²) in [5.74, 6) is 0.428. The van der Waals surface area contributed by atoms with Crippen LogP contribution in [-0.2, 0) is 0 Å². The van der Waals surface area contributed by atoms with Crippen molar-refractivity contribution in [2.24, 2.45) is 0 Å². The lowest BCUT2D eigenvalue weighted by Crippen LogP contribution is -2.18. The molecule has 110 valence electrons. The SMILES string of the molecule is Cc1ccc(NC(=O)c2nc(C(C)C)ncc2N)c(C)c1. The fourth-order valence-electron chi connectivity index (χ4n) is 2.00. The lowest BCUT2D eigenvalue weighted by Gasteiger charge is -2.11. The molecular formula is C16H20N4O. The molecule has 3 N–H and O–H groups in total. The number of nitrogens with two attached hydrogens (primary N) is 1. The summed E-state index contributed by atoms with van der Waals surface area (Å²) in [6.07, 6.45) is 1.49. The van der Waals surface area contributed by atoms with Crippen molar-refractivity contribution in [1.29, 1.82) is 0 Å². The van der Waals surface area contributed by atoms with Crippen LogP contribution in [0.1, 0.15) is 47.2 Å². The zero-order chi connectivity index (χ0) is 15.6.